The number of nitrogens with one attached hydrogen (secondary N) is 2. The molecule has 7 N–H and O–H groups in total. The predicted molar refractivity (Wildman–Crippen MR) is 148 cm³/mol. The Bertz CT molecular complexity index is 1040. The minimum absolute atomic E-state index is 0.103. The summed E-state index contributed by atoms with van der Waals surface area (Å²) in [5.74, 6) is -2.42. The molecule has 1 aromatic rings. The van der Waals surface area contributed by atoms with Gasteiger partial charge in [-0.3, -0.25) is 14.6 Å². The Balaban J connectivity index is 2.15. The molecule has 13 nitrogen and oxygen atoms in total. The lowest BCUT2D eigenvalue weighted by molar-refractivity contribution is -0.145. The third-order valence-corrected chi connectivity index (χ3v) is 6.16. The number of aliphatic imine (C=N–C) groups is 1. The Morgan fingerprint density at radius 2 is 1.82 bits per heavy atom. The number of rotatable bonds is 13. The molecule has 0 unspecified atom stereocenters. The summed E-state index contributed by atoms with van der Waals surface area (Å²) < 4.78 is 11.3. The normalized spacial score (nSPS) is 17.3. The van der Waals surface area contributed by atoms with Crippen LogP contribution in [0.4, 0.5) is 4.79 Å². The van der Waals surface area contributed by atoms with E-state index in [4.69, 9.17) is 20.9 Å². The van der Waals surface area contributed by atoms with Gasteiger partial charge in [0.2, 0.25) is 11.8 Å². The number of nitrogens with zero attached hydrogens (tertiary/aromatic N) is 2. The number of carbonyl (C=O) groups is 4. The van der Waals surface area contributed by atoms with Crippen molar-refractivity contribution in [2.45, 2.75) is 89.8 Å². The van der Waals surface area contributed by atoms with Crippen molar-refractivity contribution >= 4 is 29.8 Å². The lowest BCUT2D eigenvalue weighted by Gasteiger charge is -2.32. The van der Waals surface area contributed by atoms with E-state index in [2.05, 4.69) is 15.6 Å². The number of amides is 3. The van der Waals surface area contributed by atoms with Crippen molar-refractivity contribution in [1.29, 1.82) is 0 Å². The minimum atomic E-state index is -1.21. The van der Waals surface area contributed by atoms with E-state index in [1.165, 1.54) is 4.90 Å². The van der Waals surface area contributed by atoms with E-state index in [0.717, 1.165) is 5.56 Å². The highest BCUT2D eigenvalue weighted by molar-refractivity contribution is 5.93. The Hall–Kier alpha value is -3.87. The van der Waals surface area contributed by atoms with Gasteiger partial charge in [-0.1, -0.05) is 30.3 Å². The van der Waals surface area contributed by atoms with Gasteiger partial charge in [-0.2, -0.15) is 0 Å². The highest BCUT2D eigenvalue weighted by Gasteiger charge is 2.41. The summed E-state index contributed by atoms with van der Waals surface area (Å²) in [6.45, 7) is 7.45. The monoisotopic (exact) mass is 562 g/mol. The molecular weight excluding hydrogens is 520 g/mol. The van der Waals surface area contributed by atoms with E-state index in [0.29, 0.717) is 19.3 Å². The van der Waals surface area contributed by atoms with Crippen LogP contribution in [0.15, 0.2) is 35.3 Å². The Labute approximate surface area is 234 Å². The second-order valence-electron chi connectivity index (χ2n) is 10.7. The summed E-state index contributed by atoms with van der Waals surface area (Å²) in [5.41, 5.74) is 10.7. The molecule has 0 bridgehead atoms. The average molecular weight is 563 g/mol. The molecule has 0 aliphatic carbocycles. The summed E-state index contributed by atoms with van der Waals surface area (Å²) in [5, 5.41) is 14.7. The van der Waals surface area contributed by atoms with Crippen molar-refractivity contribution in [3.8, 4) is 0 Å². The molecule has 0 spiro atoms. The fraction of sp³-hybridized carbons (Fsp3) is 0.593. The first-order valence-electron chi connectivity index (χ1n) is 13.3. The van der Waals surface area contributed by atoms with Gasteiger partial charge in [0.15, 0.2) is 5.96 Å². The molecule has 0 radical (unpaired) electrons. The highest BCUT2D eigenvalue weighted by atomic mass is 16.6. The van der Waals surface area contributed by atoms with Crippen LogP contribution in [0.3, 0.4) is 0 Å². The second kappa shape index (κ2) is 15.1. The lowest BCUT2D eigenvalue weighted by atomic mass is 10.1. The number of nitrogens with two attached hydrogens (primary N) is 2. The fourth-order valence-electron chi connectivity index (χ4n) is 4.22. The standard InChI is InChI=1S/C27H42N6O7/c1-17(39-16-18-10-6-5-7-11-18)21(32-26(38)40-27(2,3)4)23(35)33-15-9-13-20(33)22(34)31-19(24(36)37)12-8-14-30-25(28)29/h5-7,10-11,17,19-21H,8-9,12-16H2,1-4H3,(H,31,34)(H,32,38)(H,36,37)(H4,28,29,30)/t17-,19-,20-,21+/m0/s1. The molecule has 3 amide bonds. The van der Waals surface area contributed by atoms with Gasteiger partial charge in [-0.15, -0.1) is 0 Å². The maximum absolute atomic E-state index is 13.7. The van der Waals surface area contributed by atoms with Crippen LogP contribution in [0.5, 0.6) is 0 Å². The molecule has 1 fully saturated rings. The van der Waals surface area contributed by atoms with Crippen molar-refractivity contribution in [2.24, 2.45) is 16.5 Å². The molecule has 1 aromatic carbocycles. The van der Waals surface area contributed by atoms with E-state index >= 15 is 0 Å². The minimum Gasteiger partial charge on any atom is -0.480 e. The molecule has 4 atom stereocenters. The summed E-state index contributed by atoms with van der Waals surface area (Å²) in [6, 6.07) is 6.12. The fourth-order valence-corrected chi connectivity index (χ4v) is 4.22. The number of carboxylic acid groups (broad SMARTS) is 1. The van der Waals surface area contributed by atoms with Crippen molar-refractivity contribution in [3.05, 3.63) is 35.9 Å². The van der Waals surface area contributed by atoms with Crippen molar-refractivity contribution in [2.75, 3.05) is 13.1 Å². The number of carboxylic acids is 1. The summed E-state index contributed by atoms with van der Waals surface area (Å²) in [7, 11) is 0. The molecule has 1 saturated heterocycles. The van der Waals surface area contributed by atoms with Crippen LogP contribution in [0.25, 0.3) is 0 Å². The molecule has 0 saturated carbocycles. The molecule has 222 valence electrons. The van der Waals surface area contributed by atoms with Gasteiger partial charge in [-0.05, 0) is 58.9 Å². The maximum Gasteiger partial charge on any atom is 0.408 e. The van der Waals surface area contributed by atoms with Gasteiger partial charge in [0.25, 0.3) is 0 Å². The summed E-state index contributed by atoms with van der Waals surface area (Å²) in [4.78, 5) is 56.5. The molecule has 1 aliphatic rings. The predicted octanol–water partition coefficient (Wildman–Crippen LogP) is 1.10. The zero-order valence-electron chi connectivity index (χ0n) is 23.6. The summed E-state index contributed by atoms with van der Waals surface area (Å²) >= 11 is 0. The maximum atomic E-state index is 13.7. The summed E-state index contributed by atoms with van der Waals surface area (Å²) in [6.07, 6.45) is -0.257. The molecule has 2 rings (SSSR count). The van der Waals surface area contributed by atoms with Crippen LogP contribution in [0, 0.1) is 0 Å². The number of aliphatic carboxylic acids is 1. The number of alkyl carbamates (subject to hydrolysis) is 1. The number of likely N-dealkylation sites (tertiary alicyclic amines) is 1. The topological polar surface area (TPSA) is 199 Å². The van der Waals surface area contributed by atoms with Gasteiger partial charge in [-0.25, -0.2) is 9.59 Å². The van der Waals surface area contributed by atoms with E-state index in [1.807, 2.05) is 30.3 Å². The largest absolute Gasteiger partial charge is 0.480 e. The van der Waals surface area contributed by atoms with Crippen LogP contribution in [0.2, 0.25) is 0 Å². The molecule has 40 heavy (non-hydrogen) atoms. The van der Waals surface area contributed by atoms with Gasteiger partial charge in [0.05, 0.1) is 12.7 Å². The Kier molecular flexibility index (Phi) is 12.2. The number of guanidine groups is 1. The van der Waals surface area contributed by atoms with Gasteiger partial charge in [0, 0.05) is 13.1 Å². The third-order valence-electron chi connectivity index (χ3n) is 6.16. The average Bonchev–Trinajstić information content (AvgIpc) is 3.36. The van der Waals surface area contributed by atoms with Gasteiger partial charge in [0.1, 0.15) is 23.7 Å². The lowest BCUT2D eigenvalue weighted by Crippen LogP contribution is -2.58. The zero-order chi connectivity index (χ0) is 29.9. The van der Waals surface area contributed by atoms with E-state index in [9.17, 15) is 24.3 Å². The zero-order valence-corrected chi connectivity index (χ0v) is 23.6. The van der Waals surface area contributed by atoms with Crippen molar-refractivity contribution in [3.63, 3.8) is 0 Å². The van der Waals surface area contributed by atoms with Crippen LogP contribution >= 0.6 is 0 Å². The van der Waals surface area contributed by atoms with Crippen molar-refractivity contribution < 1.29 is 33.8 Å². The third kappa shape index (κ3) is 10.7. The van der Waals surface area contributed by atoms with Crippen LogP contribution < -0.4 is 22.1 Å². The first-order valence-corrected chi connectivity index (χ1v) is 13.3. The van der Waals surface area contributed by atoms with Crippen LogP contribution in [0.1, 0.15) is 58.9 Å². The molecule has 1 aliphatic heterocycles. The molecule has 13 heteroatoms. The Morgan fingerprint density at radius 3 is 2.42 bits per heavy atom. The van der Waals surface area contributed by atoms with E-state index < -0.39 is 53.7 Å². The second-order valence-corrected chi connectivity index (χ2v) is 10.7. The van der Waals surface area contributed by atoms with Gasteiger partial charge >= 0.3 is 12.1 Å². The van der Waals surface area contributed by atoms with Crippen LogP contribution in [-0.2, 0) is 30.5 Å². The number of benzene rings is 1. The SMILES string of the molecule is C[C@H](OCc1ccccc1)[C@@H](NC(=O)OC(C)(C)C)C(=O)N1CCC[C@H]1C(=O)N[C@@H](CCCN=C(N)N)C(=O)O. The van der Waals surface area contributed by atoms with Crippen LogP contribution in [-0.4, -0.2) is 82.8 Å². The number of hydrogen-bond donors (Lipinski definition) is 5. The Morgan fingerprint density at radius 1 is 1.15 bits per heavy atom. The number of ether oxygens (including phenoxy) is 2. The molecule has 0 aromatic heterocycles. The first kappa shape index (κ1) is 32.3. The van der Waals surface area contributed by atoms with Gasteiger partial charge < -0.3 is 41.6 Å². The quantitative estimate of drug-likeness (QED) is 0.133. The van der Waals surface area contributed by atoms with Crippen molar-refractivity contribution in [1.82, 2.24) is 15.5 Å². The van der Waals surface area contributed by atoms with E-state index in [1.54, 1.807) is 27.7 Å². The number of carbonyl (C=O) groups excluding carboxylic acids is 3. The number of hydrogen-bond acceptors (Lipinski definition) is 7. The highest BCUT2D eigenvalue weighted by Crippen LogP contribution is 2.21. The first-order chi connectivity index (χ1) is 18.8. The smallest absolute Gasteiger partial charge is 0.408 e. The molecular formula is C27H42N6O7. The van der Waals surface area contributed by atoms with E-state index in [-0.39, 0.29) is 32.1 Å². The molecule has 1 heterocycles.